The van der Waals surface area contributed by atoms with Crippen LogP contribution in [0.5, 0.6) is 17.2 Å². The molecule has 0 radical (unpaired) electrons. The molecule has 0 aliphatic rings. The molecule has 2 rings (SSSR count). The van der Waals surface area contributed by atoms with Gasteiger partial charge in [0, 0.05) is 17.4 Å². The van der Waals surface area contributed by atoms with E-state index in [1.165, 1.54) is 0 Å². The van der Waals surface area contributed by atoms with Gasteiger partial charge in [-0.1, -0.05) is 0 Å². The average Bonchev–Trinajstić information content (AvgIpc) is 2.94. The van der Waals surface area contributed by atoms with Gasteiger partial charge in [0.05, 0.1) is 27.0 Å². The molecule has 0 aliphatic carbocycles. The number of ether oxygens (including phenoxy) is 3. The first-order chi connectivity index (χ1) is 9.73. The third-order valence-corrected chi connectivity index (χ3v) is 3.80. The third kappa shape index (κ3) is 2.86. The summed E-state index contributed by atoms with van der Waals surface area (Å²) < 4.78 is 16.0. The Morgan fingerprint density at radius 3 is 2.25 bits per heavy atom. The molecule has 20 heavy (non-hydrogen) atoms. The number of hydrogen-bond donors (Lipinski definition) is 1. The smallest absolute Gasteiger partial charge is 0.203 e. The second-order valence-corrected chi connectivity index (χ2v) is 4.95. The van der Waals surface area contributed by atoms with Crippen LogP contribution in [0.2, 0.25) is 0 Å². The largest absolute Gasteiger partial charge is 0.493 e. The lowest BCUT2D eigenvalue weighted by atomic mass is 10.2. The minimum Gasteiger partial charge on any atom is -0.493 e. The number of methoxy groups -OCH3 is 3. The lowest BCUT2D eigenvalue weighted by Gasteiger charge is -2.13. The fourth-order valence-corrected chi connectivity index (χ4v) is 2.75. The van der Waals surface area contributed by atoms with Crippen molar-refractivity contribution >= 4 is 11.3 Å². The van der Waals surface area contributed by atoms with Crippen LogP contribution in [0.4, 0.5) is 0 Å². The van der Waals surface area contributed by atoms with Gasteiger partial charge in [0.25, 0.3) is 0 Å². The van der Waals surface area contributed by atoms with Crippen LogP contribution < -0.4 is 19.9 Å². The highest BCUT2D eigenvalue weighted by molar-refractivity contribution is 7.13. The second kappa shape index (κ2) is 6.58. The molecule has 0 aliphatic heterocycles. The van der Waals surface area contributed by atoms with Gasteiger partial charge in [-0.25, -0.2) is 4.98 Å². The van der Waals surface area contributed by atoms with Crippen molar-refractivity contribution in [2.45, 2.75) is 6.42 Å². The molecule has 0 fully saturated rings. The summed E-state index contributed by atoms with van der Waals surface area (Å²) in [6.07, 6.45) is 0.779. The Morgan fingerprint density at radius 2 is 1.75 bits per heavy atom. The Kier molecular flexibility index (Phi) is 4.81. The summed E-state index contributed by atoms with van der Waals surface area (Å²) in [5, 5.41) is 2.93. The number of rotatable bonds is 6. The van der Waals surface area contributed by atoms with Crippen molar-refractivity contribution in [3.63, 3.8) is 0 Å². The van der Waals surface area contributed by atoms with Crippen LogP contribution in [0.3, 0.4) is 0 Å². The number of nitrogens with zero attached hydrogens (tertiary/aromatic N) is 1. The number of benzene rings is 1. The van der Waals surface area contributed by atoms with Crippen molar-refractivity contribution in [3.05, 3.63) is 23.2 Å². The molecule has 0 atom stereocenters. The molecule has 1 aromatic heterocycles. The van der Waals surface area contributed by atoms with Crippen molar-refractivity contribution < 1.29 is 14.2 Å². The van der Waals surface area contributed by atoms with E-state index in [2.05, 4.69) is 4.98 Å². The Bertz CT molecular complexity index is 559. The summed E-state index contributed by atoms with van der Waals surface area (Å²) in [6.45, 7) is 0.596. The Balaban J connectivity index is 2.45. The maximum atomic E-state index is 5.55. The number of thiazole rings is 1. The zero-order valence-corrected chi connectivity index (χ0v) is 12.6. The van der Waals surface area contributed by atoms with Crippen LogP contribution in [0.15, 0.2) is 17.5 Å². The zero-order chi connectivity index (χ0) is 14.5. The fraction of sp³-hybridized carbons (Fsp3) is 0.357. The minimum atomic E-state index is 0.581. The molecule has 0 unspecified atom stereocenters. The number of hydrogen-bond acceptors (Lipinski definition) is 6. The first-order valence-electron chi connectivity index (χ1n) is 6.18. The van der Waals surface area contributed by atoms with Crippen molar-refractivity contribution in [1.29, 1.82) is 0 Å². The Morgan fingerprint density at radius 1 is 1.10 bits per heavy atom. The van der Waals surface area contributed by atoms with Crippen LogP contribution in [-0.4, -0.2) is 32.9 Å². The summed E-state index contributed by atoms with van der Waals surface area (Å²) in [7, 11) is 4.79. The summed E-state index contributed by atoms with van der Waals surface area (Å²) in [4.78, 5) is 4.56. The van der Waals surface area contributed by atoms with Gasteiger partial charge < -0.3 is 19.9 Å². The molecule has 6 heteroatoms. The maximum Gasteiger partial charge on any atom is 0.203 e. The van der Waals surface area contributed by atoms with Crippen LogP contribution in [0.1, 0.15) is 5.69 Å². The van der Waals surface area contributed by atoms with E-state index in [-0.39, 0.29) is 0 Å². The van der Waals surface area contributed by atoms with Crippen LogP contribution >= 0.6 is 11.3 Å². The molecule has 108 valence electrons. The molecule has 1 aromatic carbocycles. The van der Waals surface area contributed by atoms with E-state index in [0.717, 1.165) is 22.7 Å². The number of aromatic nitrogens is 1. The van der Waals surface area contributed by atoms with Gasteiger partial charge in [0.2, 0.25) is 5.75 Å². The predicted octanol–water partition coefficient (Wildman–Crippen LogP) is 2.34. The van der Waals surface area contributed by atoms with E-state index < -0.39 is 0 Å². The molecule has 5 nitrogen and oxygen atoms in total. The Hall–Kier alpha value is -1.79. The van der Waals surface area contributed by atoms with Gasteiger partial charge in [0.1, 0.15) is 5.01 Å². The van der Waals surface area contributed by atoms with Gasteiger partial charge in [-0.3, -0.25) is 0 Å². The SMILES string of the molecule is COc1cc(-c2nc(CCN)cs2)cc(OC)c1OC. The first kappa shape index (κ1) is 14.6. The van der Waals surface area contributed by atoms with Gasteiger partial charge >= 0.3 is 0 Å². The minimum absolute atomic E-state index is 0.581. The molecule has 0 amide bonds. The number of nitrogens with two attached hydrogens (primary N) is 1. The third-order valence-electron chi connectivity index (χ3n) is 2.86. The lowest BCUT2D eigenvalue weighted by Crippen LogP contribution is -2.02. The zero-order valence-electron chi connectivity index (χ0n) is 11.8. The summed E-state index contributed by atoms with van der Waals surface area (Å²) >= 11 is 1.58. The molecular weight excluding hydrogens is 276 g/mol. The van der Waals surface area contributed by atoms with Crippen LogP contribution in [-0.2, 0) is 6.42 Å². The molecule has 0 bridgehead atoms. The van der Waals surface area contributed by atoms with E-state index in [0.29, 0.717) is 23.8 Å². The second-order valence-electron chi connectivity index (χ2n) is 4.10. The standard InChI is InChI=1S/C14H18N2O3S/c1-17-11-6-9(7-12(18-2)13(11)19-3)14-16-10(4-5-15)8-20-14/h6-8H,4-5,15H2,1-3H3. The van der Waals surface area contributed by atoms with Gasteiger partial charge in [-0.2, -0.15) is 0 Å². The quantitative estimate of drug-likeness (QED) is 0.885. The van der Waals surface area contributed by atoms with E-state index in [1.54, 1.807) is 32.7 Å². The molecule has 2 N–H and O–H groups in total. The summed E-state index contributed by atoms with van der Waals surface area (Å²) in [6, 6.07) is 3.79. The van der Waals surface area contributed by atoms with Gasteiger partial charge in [-0.15, -0.1) is 11.3 Å². The maximum absolute atomic E-state index is 5.55. The van der Waals surface area contributed by atoms with Crippen molar-refractivity contribution in [3.8, 4) is 27.8 Å². The van der Waals surface area contributed by atoms with E-state index in [4.69, 9.17) is 19.9 Å². The van der Waals surface area contributed by atoms with E-state index in [1.807, 2.05) is 17.5 Å². The first-order valence-corrected chi connectivity index (χ1v) is 7.06. The van der Waals surface area contributed by atoms with Crippen LogP contribution in [0.25, 0.3) is 10.6 Å². The summed E-state index contributed by atoms with van der Waals surface area (Å²) in [5.74, 6) is 1.83. The molecule has 1 heterocycles. The highest BCUT2D eigenvalue weighted by Crippen LogP contribution is 2.41. The van der Waals surface area contributed by atoms with Gasteiger partial charge in [-0.05, 0) is 18.7 Å². The predicted molar refractivity (Wildman–Crippen MR) is 80.0 cm³/mol. The fourth-order valence-electron chi connectivity index (χ4n) is 1.91. The molecule has 0 saturated heterocycles. The average molecular weight is 294 g/mol. The highest BCUT2D eigenvalue weighted by atomic mass is 32.1. The molecule has 0 spiro atoms. The van der Waals surface area contributed by atoms with Gasteiger partial charge in [0.15, 0.2) is 11.5 Å². The lowest BCUT2D eigenvalue weighted by molar-refractivity contribution is 0.324. The summed E-state index contributed by atoms with van der Waals surface area (Å²) in [5.41, 5.74) is 7.48. The monoisotopic (exact) mass is 294 g/mol. The molecule has 0 saturated carbocycles. The van der Waals surface area contributed by atoms with Crippen molar-refractivity contribution in [2.75, 3.05) is 27.9 Å². The van der Waals surface area contributed by atoms with Crippen molar-refractivity contribution in [2.24, 2.45) is 5.73 Å². The van der Waals surface area contributed by atoms with E-state index >= 15 is 0 Å². The van der Waals surface area contributed by atoms with Crippen molar-refractivity contribution in [1.82, 2.24) is 4.98 Å². The highest BCUT2D eigenvalue weighted by Gasteiger charge is 2.15. The van der Waals surface area contributed by atoms with Crippen LogP contribution in [0, 0.1) is 0 Å². The molecular formula is C14H18N2O3S. The topological polar surface area (TPSA) is 66.6 Å². The molecule has 2 aromatic rings. The normalized spacial score (nSPS) is 10.4. The Labute approximate surface area is 122 Å². The van der Waals surface area contributed by atoms with E-state index in [9.17, 15) is 0 Å².